The van der Waals surface area contributed by atoms with Crippen LogP contribution in [0, 0.1) is 0 Å². The molecule has 0 spiro atoms. The Labute approximate surface area is 162 Å². The second kappa shape index (κ2) is 7.50. The maximum atomic E-state index is 9.50. The molecule has 0 saturated carbocycles. The minimum atomic E-state index is -0.0746. The topological polar surface area (TPSA) is 62.5 Å². The molecule has 3 aromatic heterocycles. The van der Waals surface area contributed by atoms with Crippen LogP contribution in [0.2, 0.25) is 0 Å². The first-order valence-electron chi connectivity index (χ1n) is 9.08. The smallest absolute Gasteiger partial charge is 0.183 e. The summed E-state index contributed by atoms with van der Waals surface area (Å²) in [6, 6.07) is 12.8. The SMILES string of the molecule is CC[C@@H](C)Nc1ncc(-c2cc(-c3ccccc3)c3nc(CO)cn3c2)s1. The molecule has 0 radical (unpaired) electrons. The molecule has 138 valence electrons. The first-order valence-corrected chi connectivity index (χ1v) is 9.90. The molecule has 0 aliphatic carbocycles. The van der Waals surface area contributed by atoms with E-state index in [4.69, 9.17) is 0 Å². The van der Waals surface area contributed by atoms with Crippen molar-refractivity contribution in [3.8, 4) is 21.6 Å². The molecule has 27 heavy (non-hydrogen) atoms. The van der Waals surface area contributed by atoms with E-state index >= 15 is 0 Å². The minimum Gasteiger partial charge on any atom is -0.390 e. The number of aliphatic hydroxyl groups is 1. The molecule has 0 unspecified atom stereocenters. The van der Waals surface area contributed by atoms with Crippen molar-refractivity contribution in [2.75, 3.05) is 5.32 Å². The normalized spacial score (nSPS) is 12.4. The van der Waals surface area contributed by atoms with Gasteiger partial charge in [0.05, 0.1) is 17.2 Å². The Morgan fingerprint density at radius 1 is 1.19 bits per heavy atom. The van der Waals surface area contributed by atoms with E-state index in [1.54, 1.807) is 11.3 Å². The van der Waals surface area contributed by atoms with Gasteiger partial charge in [-0.2, -0.15) is 0 Å². The Balaban J connectivity index is 1.82. The largest absolute Gasteiger partial charge is 0.390 e. The summed E-state index contributed by atoms with van der Waals surface area (Å²) in [5, 5.41) is 13.9. The van der Waals surface area contributed by atoms with Crippen LogP contribution in [-0.4, -0.2) is 25.5 Å². The Hall–Kier alpha value is -2.70. The molecule has 4 aromatic rings. The number of benzene rings is 1. The van der Waals surface area contributed by atoms with Crippen LogP contribution in [0.15, 0.2) is 55.0 Å². The van der Waals surface area contributed by atoms with Gasteiger partial charge in [0.25, 0.3) is 0 Å². The highest BCUT2D eigenvalue weighted by Crippen LogP contribution is 2.34. The van der Waals surface area contributed by atoms with Crippen LogP contribution in [0.3, 0.4) is 0 Å². The van der Waals surface area contributed by atoms with Crippen molar-refractivity contribution in [2.45, 2.75) is 32.9 Å². The second-order valence-corrected chi connectivity index (χ2v) is 7.64. The third-order valence-electron chi connectivity index (χ3n) is 4.62. The number of thiazole rings is 1. The number of aromatic nitrogens is 3. The molecule has 5 nitrogen and oxygen atoms in total. The van der Waals surface area contributed by atoms with Crippen LogP contribution in [0.25, 0.3) is 27.2 Å². The maximum absolute atomic E-state index is 9.50. The quantitative estimate of drug-likeness (QED) is 0.504. The highest BCUT2D eigenvalue weighted by molar-refractivity contribution is 7.18. The van der Waals surface area contributed by atoms with E-state index in [1.165, 1.54) is 0 Å². The predicted molar refractivity (Wildman–Crippen MR) is 111 cm³/mol. The van der Waals surface area contributed by atoms with E-state index in [2.05, 4.69) is 53.5 Å². The fourth-order valence-corrected chi connectivity index (χ4v) is 3.89. The third kappa shape index (κ3) is 3.59. The number of imidazole rings is 1. The molecule has 6 heteroatoms. The summed E-state index contributed by atoms with van der Waals surface area (Å²) in [6.45, 7) is 4.24. The highest BCUT2D eigenvalue weighted by Gasteiger charge is 2.13. The van der Waals surface area contributed by atoms with Gasteiger partial charge in [-0.25, -0.2) is 9.97 Å². The zero-order chi connectivity index (χ0) is 18.8. The lowest BCUT2D eigenvalue weighted by Crippen LogP contribution is -2.12. The van der Waals surface area contributed by atoms with E-state index in [1.807, 2.05) is 35.0 Å². The fourth-order valence-electron chi connectivity index (χ4n) is 2.98. The van der Waals surface area contributed by atoms with Gasteiger partial charge in [0.1, 0.15) is 5.65 Å². The van der Waals surface area contributed by atoms with E-state index in [-0.39, 0.29) is 6.61 Å². The number of nitrogens with zero attached hydrogens (tertiary/aromatic N) is 3. The van der Waals surface area contributed by atoms with Crippen LogP contribution >= 0.6 is 11.3 Å². The van der Waals surface area contributed by atoms with E-state index in [9.17, 15) is 5.11 Å². The van der Waals surface area contributed by atoms with Gasteiger partial charge < -0.3 is 14.8 Å². The van der Waals surface area contributed by atoms with E-state index < -0.39 is 0 Å². The number of anilines is 1. The molecule has 1 aromatic carbocycles. The Kier molecular flexibility index (Phi) is 4.92. The summed E-state index contributed by atoms with van der Waals surface area (Å²) < 4.78 is 1.99. The number of pyridine rings is 1. The predicted octanol–water partition coefficient (Wildman–Crippen LogP) is 4.83. The first-order chi connectivity index (χ1) is 13.2. The monoisotopic (exact) mass is 378 g/mol. The lowest BCUT2D eigenvalue weighted by Gasteiger charge is -2.09. The molecule has 0 aliphatic rings. The van der Waals surface area contributed by atoms with Gasteiger partial charge in [-0.05, 0) is 25.0 Å². The fraction of sp³-hybridized carbons (Fsp3) is 0.238. The van der Waals surface area contributed by atoms with Crippen molar-refractivity contribution >= 4 is 22.1 Å². The molecule has 4 rings (SSSR count). The maximum Gasteiger partial charge on any atom is 0.183 e. The molecule has 0 bridgehead atoms. The molecule has 0 fully saturated rings. The highest BCUT2D eigenvalue weighted by atomic mass is 32.1. The zero-order valence-electron chi connectivity index (χ0n) is 15.4. The van der Waals surface area contributed by atoms with Crippen LogP contribution in [0.5, 0.6) is 0 Å². The van der Waals surface area contributed by atoms with Crippen LogP contribution in [0.1, 0.15) is 26.0 Å². The van der Waals surface area contributed by atoms with Gasteiger partial charge in [-0.3, -0.25) is 0 Å². The van der Waals surface area contributed by atoms with Crippen LogP contribution < -0.4 is 5.32 Å². The van der Waals surface area contributed by atoms with Gasteiger partial charge in [-0.1, -0.05) is 48.6 Å². The van der Waals surface area contributed by atoms with Gasteiger partial charge in [0.15, 0.2) is 5.13 Å². The van der Waals surface area contributed by atoms with Crippen molar-refractivity contribution in [1.82, 2.24) is 14.4 Å². The van der Waals surface area contributed by atoms with Gasteiger partial charge in [0, 0.05) is 35.8 Å². The third-order valence-corrected chi connectivity index (χ3v) is 5.60. The lowest BCUT2D eigenvalue weighted by molar-refractivity contribution is 0.277. The van der Waals surface area contributed by atoms with Crippen molar-refractivity contribution < 1.29 is 5.11 Å². The zero-order valence-corrected chi connectivity index (χ0v) is 16.2. The number of hydrogen-bond acceptors (Lipinski definition) is 5. The number of fused-ring (bicyclic) bond motifs is 1. The van der Waals surface area contributed by atoms with Gasteiger partial charge in [-0.15, -0.1) is 0 Å². The number of hydrogen-bond donors (Lipinski definition) is 2. The standard InChI is InChI=1S/C21H22N4OS/c1-3-14(2)23-21-22-10-19(27-21)16-9-18(15-7-5-4-6-8-15)20-24-17(13-26)12-25(20)11-16/h4-12,14,26H,3,13H2,1-2H3,(H,22,23)/t14-/m1/s1. The summed E-state index contributed by atoms with van der Waals surface area (Å²) in [5.74, 6) is 0. The first kappa shape index (κ1) is 17.7. The summed E-state index contributed by atoms with van der Waals surface area (Å²) in [5.41, 5.74) is 4.72. The second-order valence-electron chi connectivity index (χ2n) is 6.61. The molecular weight excluding hydrogens is 356 g/mol. The van der Waals surface area contributed by atoms with Crippen LogP contribution in [-0.2, 0) is 6.61 Å². The summed E-state index contributed by atoms with van der Waals surface area (Å²) >= 11 is 1.65. The van der Waals surface area contributed by atoms with Gasteiger partial charge in [0.2, 0.25) is 0 Å². The molecular formula is C21H22N4OS. The summed E-state index contributed by atoms with van der Waals surface area (Å²) in [7, 11) is 0. The van der Waals surface area contributed by atoms with Crippen LogP contribution in [0.4, 0.5) is 5.13 Å². The van der Waals surface area contributed by atoms with Gasteiger partial charge >= 0.3 is 0 Å². The molecule has 0 saturated heterocycles. The molecule has 1 atom stereocenters. The van der Waals surface area contributed by atoms with Crippen molar-refractivity contribution in [3.05, 3.63) is 60.7 Å². The Morgan fingerprint density at radius 2 is 2.00 bits per heavy atom. The number of aliphatic hydroxyl groups excluding tert-OH is 1. The summed E-state index contributed by atoms with van der Waals surface area (Å²) in [4.78, 5) is 10.2. The molecule has 0 aliphatic heterocycles. The van der Waals surface area contributed by atoms with Crippen molar-refractivity contribution in [3.63, 3.8) is 0 Å². The average molecular weight is 379 g/mol. The van der Waals surface area contributed by atoms with Crippen molar-refractivity contribution in [2.24, 2.45) is 0 Å². The molecule has 0 amide bonds. The Bertz CT molecular complexity index is 1050. The van der Waals surface area contributed by atoms with E-state index in [0.29, 0.717) is 11.7 Å². The number of nitrogens with one attached hydrogen (secondary N) is 1. The lowest BCUT2D eigenvalue weighted by atomic mass is 10.0. The Morgan fingerprint density at radius 3 is 2.74 bits per heavy atom. The molecule has 2 N–H and O–H groups in total. The summed E-state index contributed by atoms with van der Waals surface area (Å²) in [6.07, 6.45) is 6.90. The average Bonchev–Trinajstić information content (AvgIpc) is 3.34. The minimum absolute atomic E-state index is 0.0746. The molecule has 3 heterocycles. The van der Waals surface area contributed by atoms with Crippen molar-refractivity contribution in [1.29, 1.82) is 0 Å². The number of rotatable bonds is 6. The van der Waals surface area contributed by atoms with E-state index in [0.717, 1.165) is 38.8 Å².